The van der Waals surface area contributed by atoms with Crippen molar-refractivity contribution in [1.29, 1.82) is 0 Å². The molecular weight excluding hydrogens is 320 g/mol. The predicted octanol–water partition coefficient (Wildman–Crippen LogP) is 3.97. The molecule has 1 atom stereocenters. The summed E-state index contributed by atoms with van der Waals surface area (Å²) >= 11 is 0. The smallest absolute Gasteiger partial charge is 0.133 e. The topological polar surface area (TPSA) is 32.3 Å². The molecule has 2 heterocycles. The lowest BCUT2D eigenvalue weighted by molar-refractivity contribution is 0.225. The van der Waals surface area contributed by atoms with Gasteiger partial charge in [0.05, 0.1) is 0 Å². The van der Waals surface area contributed by atoms with Gasteiger partial charge in [0.25, 0.3) is 0 Å². The molecule has 1 unspecified atom stereocenters. The van der Waals surface area contributed by atoms with Gasteiger partial charge in [0.15, 0.2) is 0 Å². The van der Waals surface area contributed by atoms with E-state index in [-0.39, 0.29) is 0 Å². The maximum atomic E-state index is 4.82. The van der Waals surface area contributed by atoms with Crippen molar-refractivity contribution in [3.63, 3.8) is 0 Å². The van der Waals surface area contributed by atoms with Gasteiger partial charge in [-0.3, -0.25) is 4.90 Å². The number of benzene rings is 1. The lowest BCUT2D eigenvalue weighted by Crippen LogP contribution is -2.46. The van der Waals surface area contributed by atoms with E-state index >= 15 is 0 Å². The summed E-state index contributed by atoms with van der Waals surface area (Å²) in [6.45, 7) is 3.29. The van der Waals surface area contributed by atoms with Crippen LogP contribution in [0.3, 0.4) is 0 Å². The summed E-state index contributed by atoms with van der Waals surface area (Å²) in [7, 11) is 2.19. The van der Waals surface area contributed by atoms with Crippen LogP contribution in [0, 0.1) is 0 Å². The molecule has 2 aromatic rings. The lowest BCUT2D eigenvalue weighted by Gasteiger charge is -2.37. The molecule has 0 amide bonds. The summed E-state index contributed by atoms with van der Waals surface area (Å²) in [6.07, 6.45) is 11.4. The van der Waals surface area contributed by atoms with Gasteiger partial charge in [0.1, 0.15) is 11.6 Å². The number of rotatable bonds is 6. The standard InChI is InChI=1S/C22H28N4/c1-25(21-13-14-23-22(24-21)19-11-12-19)20-10-6-16-26(17-20)15-5-9-18-7-3-2-4-8-18/h2-5,7-9,13-14,19-20H,6,10-12,15-17H2,1H3/b9-5+. The van der Waals surface area contributed by atoms with Crippen LogP contribution in [0.5, 0.6) is 0 Å². The van der Waals surface area contributed by atoms with Gasteiger partial charge in [-0.2, -0.15) is 0 Å². The summed E-state index contributed by atoms with van der Waals surface area (Å²) < 4.78 is 0. The lowest BCUT2D eigenvalue weighted by atomic mass is 10.0. The molecule has 0 radical (unpaired) electrons. The molecule has 4 heteroatoms. The molecule has 26 heavy (non-hydrogen) atoms. The summed E-state index contributed by atoms with van der Waals surface area (Å²) in [5.41, 5.74) is 1.27. The molecule has 1 aromatic carbocycles. The zero-order chi connectivity index (χ0) is 17.8. The summed E-state index contributed by atoms with van der Waals surface area (Å²) in [4.78, 5) is 14.2. The van der Waals surface area contributed by atoms with Crippen molar-refractivity contribution >= 4 is 11.9 Å². The Kier molecular flexibility index (Phi) is 5.30. The highest BCUT2D eigenvalue weighted by molar-refractivity contribution is 5.48. The molecule has 1 aliphatic carbocycles. The van der Waals surface area contributed by atoms with Crippen LogP contribution < -0.4 is 4.90 Å². The SMILES string of the molecule is CN(c1ccnc(C2CC2)n1)C1CCCN(C/C=C/c2ccccc2)C1. The van der Waals surface area contributed by atoms with Gasteiger partial charge >= 0.3 is 0 Å². The van der Waals surface area contributed by atoms with Gasteiger partial charge in [-0.25, -0.2) is 9.97 Å². The molecule has 1 saturated heterocycles. The molecule has 4 nitrogen and oxygen atoms in total. The van der Waals surface area contributed by atoms with Crippen LogP contribution in [-0.2, 0) is 0 Å². The second kappa shape index (κ2) is 8.00. The predicted molar refractivity (Wildman–Crippen MR) is 107 cm³/mol. The van der Waals surface area contributed by atoms with Crippen LogP contribution in [0.15, 0.2) is 48.7 Å². The maximum absolute atomic E-state index is 4.82. The molecule has 2 fully saturated rings. The Balaban J connectivity index is 1.35. The average Bonchev–Trinajstić information content (AvgIpc) is 3.54. The number of aromatic nitrogens is 2. The Morgan fingerprint density at radius 1 is 1.15 bits per heavy atom. The average molecular weight is 348 g/mol. The molecule has 1 aliphatic heterocycles. The molecule has 0 spiro atoms. The number of likely N-dealkylation sites (N-methyl/N-ethyl adjacent to an activating group) is 1. The molecule has 1 saturated carbocycles. The highest BCUT2D eigenvalue weighted by Gasteiger charge is 2.28. The molecule has 136 valence electrons. The molecule has 4 rings (SSSR count). The summed E-state index contributed by atoms with van der Waals surface area (Å²) in [5, 5.41) is 0. The highest BCUT2D eigenvalue weighted by atomic mass is 15.3. The van der Waals surface area contributed by atoms with Crippen LogP contribution >= 0.6 is 0 Å². The van der Waals surface area contributed by atoms with E-state index in [0.29, 0.717) is 12.0 Å². The van der Waals surface area contributed by atoms with Crippen LogP contribution in [0.25, 0.3) is 6.08 Å². The van der Waals surface area contributed by atoms with Crippen molar-refractivity contribution in [2.24, 2.45) is 0 Å². The van der Waals surface area contributed by atoms with Gasteiger partial charge in [-0.05, 0) is 43.9 Å². The number of nitrogens with zero attached hydrogens (tertiary/aromatic N) is 4. The van der Waals surface area contributed by atoms with Crippen LogP contribution in [0.1, 0.15) is 43.0 Å². The number of likely N-dealkylation sites (tertiary alicyclic amines) is 1. The first-order valence-corrected chi connectivity index (χ1v) is 9.79. The van der Waals surface area contributed by atoms with E-state index in [0.717, 1.165) is 24.7 Å². The van der Waals surface area contributed by atoms with E-state index < -0.39 is 0 Å². The largest absolute Gasteiger partial charge is 0.355 e. The first-order valence-electron chi connectivity index (χ1n) is 9.79. The summed E-state index contributed by atoms with van der Waals surface area (Å²) in [6, 6.07) is 13.1. The van der Waals surface area contributed by atoms with E-state index in [4.69, 9.17) is 4.98 Å². The van der Waals surface area contributed by atoms with Crippen molar-refractivity contribution in [1.82, 2.24) is 14.9 Å². The van der Waals surface area contributed by atoms with E-state index in [1.807, 2.05) is 6.20 Å². The number of hydrogen-bond acceptors (Lipinski definition) is 4. The normalized spacial score (nSPS) is 21.2. The van der Waals surface area contributed by atoms with Crippen LogP contribution in [0.2, 0.25) is 0 Å². The Labute approximate surface area is 156 Å². The maximum Gasteiger partial charge on any atom is 0.133 e. The first kappa shape index (κ1) is 17.2. The summed E-state index contributed by atoms with van der Waals surface area (Å²) in [5.74, 6) is 2.72. The third-order valence-corrected chi connectivity index (χ3v) is 5.47. The van der Waals surface area contributed by atoms with E-state index in [9.17, 15) is 0 Å². The minimum atomic E-state index is 0.524. The third kappa shape index (κ3) is 4.31. The molecule has 0 bridgehead atoms. The number of piperidine rings is 1. The molecular formula is C22H28N4. The van der Waals surface area contributed by atoms with Crippen molar-refractivity contribution < 1.29 is 0 Å². The second-order valence-corrected chi connectivity index (χ2v) is 7.53. The fourth-order valence-electron chi connectivity index (χ4n) is 3.70. The quantitative estimate of drug-likeness (QED) is 0.791. The Hall–Kier alpha value is -2.20. The second-order valence-electron chi connectivity index (χ2n) is 7.53. The van der Waals surface area contributed by atoms with Crippen molar-refractivity contribution in [2.45, 2.75) is 37.6 Å². The van der Waals surface area contributed by atoms with Gasteiger partial charge in [0.2, 0.25) is 0 Å². The van der Waals surface area contributed by atoms with Crippen molar-refractivity contribution in [3.8, 4) is 0 Å². The molecule has 0 N–H and O–H groups in total. The first-order chi connectivity index (χ1) is 12.8. The highest BCUT2D eigenvalue weighted by Crippen LogP contribution is 2.38. The number of hydrogen-bond donors (Lipinski definition) is 0. The van der Waals surface area contributed by atoms with E-state index in [2.05, 4.69) is 70.4 Å². The zero-order valence-electron chi connectivity index (χ0n) is 15.6. The van der Waals surface area contributed by atoms with E-state index in [1.165, 1.54) is 37.8 Å². The van der Waals surface area contributed by atoms with Gasteiger partial charge in [-0.15, -0.1) is 0 Å². The fourth-order valence-corrected chi connectivity index (χ4v) is 3.70. The van der Waals surface area contributed by atoms with E-state index in [1.54, 1.807) is 0 Å². The van der Waals surface area contributed by atoms with Crippen molar-refractivity contribution in [3.05, 3.63) is 60.1 Å². The monoisotopic (exact) mass is 348 g/mol. The Bertz CT molecular complexity index is 739. The van der Waals surface area contributed by atoms with Gasteiger partial charge < -0.3 is 4.90 Å². The Morgan fingerprint density at radius 3 is 2.81 bits per heavy atom. The number of anilines is 1. The van der Waals surface area contributed by atoms with Crippen molar-refractivity contribution in [2.75, 3.05) is 31.6 Å². The molecule has 1 aromatic heterocycles. The van der Waals surface area contributed by atoms with Gasteiger partial charge in [-0.1, -0.05) is 42.5 Å². The van der Waals surface area contributed by atoms with Crippen LogP contribution in [0.4, 0.5) is 5.82 Å². The van der Waals surface area contributed by atoms with Crippen LogP contribution in [-0.4, -0.2) is 47.6 Å². The Morgan fingerprint density at radius 2 is 2.00 bits per heavy atom. The fraction of sp³-hybridized carbons (Fsp3) is 0.455. The third-order valence-electron chi connectivity index (χ3n) is 5.47. The molecule has 2 aliphatic rings. The minimum absolute atomic E-state index is 0.524. The minimum Gasteiger partial charge on any atom is -0.355 e. The van der Waals surface area contributed by atoms with Gasteiger partial charge in [0, 0.05) is 38.3 Å². The zero-order valence-corrected chi connectivity index (χ0v) is 15.6.